The Morgan fingerprint density at radius 2 is 2.00 bits per heavy atom. The largest absolute Gasteiger partial charge is 0.481 e. The van der Waals surface area contributed by atoms with Gasteiger partial charge in [-0.2, -0.15) is 11.8 Å². The van der Waals surface area contributed by atoms with Crippen molar-refractivity contribution in [2.24, 2.45) is 5.92 Å². The molecule has 3 nitrogen and oxygen atoms in total. The van der Waals surface area contributed by atoms with Gasteiger partial charge in [-0.05, 0) is 37.7 Å². The van der Waals surface area contributed by atoms with Crippen molar-refractivity contribution in [3.8, 4) is 0 Å². The summed E-state index contributed by atoms with van der Waals surface area (Å²) in [6.07, 6.45) is 10.5. The number of benzene rings is 1. The van der Waals surface area contributed by atoms with Crippen molar-refractivity contribution in [1.82, 2.24) is 0 Å². The average molecular weight is 346 g/mol. The van der Waals surface area contributed by atoms with E-state index < -0.39 is 5.97 Å². The summed E-state index contributed by atoms with van der Waals surface area (Å²) in [7, 11) is 0. The first kappa shape index (κ1) is 17.6. The molecular weight excluding hydrogens is 320 g/mol. The summed E-state index contributed by atoms with van der Waals surface area (Å²) in [5.41, 5.74) is 1.38. The predicted molar refractivity (Wildman–Crippen MR) is 98.2 cm³/mol. The lowest BCUT2D eigenvalue weighted by Crippen LogP contribution is -2.29. The molecule has 2 aliphatic rings. The summed E-state index contributed by atoms with van der Waals surface area (Å²) in [6.45, 7) is 0. The van der Waals surface area contributed by atoms with Crippen molar-refractivity contribution in [2.45, 2.75) is 61.7 Å². The molecule has 2 saturated heterocycles. The van der Waals surface area contributed by atoms with Crippen LogP contribution in [0.25, 0.3) is 0 Å². The minimum absolute atomic E-state index is 0.261. The van der Waals surface area contributed by atoms with Gasteiger partial charge in [0.1, 0.15) is 0 Å². The highest BCUT2D eigenvalue weighted by Gasteiger charge is 2.48. The number of aliphatic carboxylic acids is 1. The van der Waals surface area contributed by atoms with Crippen LogP contribution >= 0.6 is 11.8 Å². The Kier molecular flexibility index (Phi) is 6.38. The van der Waals surface area contributed by atoms with Crippen molar-refractivity contribution >= 4 is 17.7 Å². The first-order valence-electron chi connectivity index (χ1n) is 8.92. The Labute approximate surface area is 148 Å². The average Bonchev–Trinajstić information content (AvgIpc) is 3.18. The minimum Gasteiger partial charge on any atom is -0.481 e. The number of hydrogen-bond acceptors (Lipinski definition) is 3. The Bertz CT molecular complexity index is 557. The fourth-order valence-electron chi connectivity index (χ4n) is 3.76. The summed E-state index contributed by atoms with van der Waals surface area (Å²) in [6, 6.07) is 10.7. The van der Waals surface area contributed by atoms with Crippen molar-refractivity contribution in [1.29, 1.82) is 0 Å². The molecule has 4 heteroatoms. The fourth-order valence-corrected chi connectivity index (χ4v) is 5.28. The smallest absolute Gasteiger partial charge is 0.303 e. The molecule has 24 heavy (non-hydrogen) atoms. The third kappa shape index (κ3) is 4.64. The molecule has 2 fully saturated rings. The van der Waals surface area contributed by atoms with E-state index in [9.17, 15) is 4.79 Å². The van der Waals surface area contributed by atoms with Crippen LogP contribution in [0.1, 0.15) is 44.1 Å². The number of carboxylic acid groups (broad SMARTS) is 1. The Morgan fingerprint density at radius 1 is 1.21 bits per heavy atom. The molecule has 1 N–H and O–H groups in total. The van der Waals surface area contributed by atoms with Gasteiger partial charge in [0, 0.05) is 23.3 Å². The van der Waals surface area contributed by atoms with Crippen LogP contribution in [-0.2, 0) is 15.3 Å². The topological polar surface area (TPSA) is 46.5 Å². The van der Waals surface area contributed by atoms with Gasteiger partial charge in [0.25, 0.3) is 0 Å². The molecular formula is C20H26O3S. The lowest BCUT2D eigenvalue weighted by Gasteiger charge is -2.26. The second-order valence-electron chi connectivity index (χ2n) is 6.71. The molecule has 0 unspecified atom stereocenters. The number of carboxylic acids is 1. The van der Waals surface area contributed by atoms with Gasteiger partial charge >= 0.3 is 5.97 Å². The molecule has 2 aliphatic heterocycles. The SMILES string of the molecule is O=C(O)CCC/C=C\C[C@@H]1[C@@H](SCc2ccccc2)[C@@H]2CC[C@H]1O2. The maximum Gasteiger partial charge on any atom is 0.303 e. The van der Waals surface area contributed by atoms with Crippen LogP contribution in [0.3, 0.4) is 0 Å². The van der Waals surface area contributed by atoms with Crippen molar-refractivity contribution in [3.63, 3.8) is 0 Å². The second-order valence-corrected chi connectivity index (χ2v) is 7.87. The predicted octanol–water partition coefficient (Wildman–Crippen LogP) is 4.67. The highest BCUT2D eigenvalue weighted by Crippen LogP contribution is 2.47. The number of allylic oxidation sites excluding steroid dienone is 2. The Balaban J connectivity index is 1.47. The monoisotopic (exact) mass is 346 g/mol. The molecule has 2 heterocycles. The fraction of sp³-hybridized carbons (Fsp3) is 0.550. The second kappa shape index (κ2) is 8.72. The number of fused-ring (bicyclic) bond motifs is 2. The number of ether oxygens (including phenoxy) is 1. The maximum absolute atomic E-state index is 10.5. The number of carbonyl (C=O) groups is 1. The van der Waals surface area contributed by atoms with E-state index in [1.54, 1.807) is 0 Å². The van der Waals surface area contributed by atoms with E-state index in [4.69, 9.17) is 9.84 Å². The van der Waals surface area contributed by atoms with Crippen molar-refractivity contribution < 1.29 is 14.6 Å². The van der Waals surface area contributed by atoms with Crippen LogP contribution in [0.2, 0.25) is 0 Å². The third-order valence-electron chi connectivity index (χ3n) is 4.97. The van der Waals surface area contributed by atoms with E-state index >= 15 is 0 Å². The van der Waals surface area contributed by atoms with Crippen LogP contribution in [0.15, 0.2) is 42.5 Å². The molecule has 1 aromatic rings. The zero-order valence-electron chi connectivity index (χ0n) is 14.0. The van der Waals surface area contributed by atoms with E-state index in [0.717, 1.165) is 25.0 Å². The third-order valence-corrected chi connectivity index (χ3v) is 6.51. The first-order valence-corrected chi connectivity index (χ1v) is 9.96. The number of thioether (sulfide) groups is 1. The van der Waals surface area contributed by atoms with Gasteiger partial charge in [0.2, 0.25) is 0 Å². The molecule has 4 atom stereocenters. The van der Waals surface area contributed by atoms with Crippen LogP contribution in [-0.4, -0.2) is 28.5 Å². The van der Waals surface area contributed by atoms with Crippen molar-refractivity contribution in [3.05, 3.63) is 48.0 Å². The van der Waals surface area contributed by atoms with Gasteiger partial charge in [-0.1, -0.05) is 42.5 Å². The summed E-state index contributed by atoms with van der Waals surface area (Å²) in [4.78, 5) is 10.5. The van der Waals surface area contributed by atoms with Gasteiger partial charge in [-0.3, -0.25) is 4.79 Å². The number of hydrogen-bond donors (Lipinski definition) is 1. The molecule has 3 rings (SSSR count). The van der Waals surface area contributed by atoms with Gasteiger partial charge in [0.05, 0.1) is 12.2 Å². The van der Waals surface area contributed by atoms with Gasteiger partial charge < -0.3 is 9.84 Å². The highest BCUT2D eigenvalue weighted by atomic mass is 32.2. The molecule has 0 radical (unpaired) electrons. The molecule has 0 aliphatic carbocycles. The molecule has 130 valence electrons. The van der Waals surface area contributed by atoms with Gasteiger partial charge in [-0.15, -0.1) is 0 Å². The zero-order chi connectivity index (χ0) is 16.8. The van der Waals surface area contributed by atoms with E-state index in [2.05, 4.69) is 42.5 Å². The Morgan fingerprint density at radius 3 is 2.79 bits per heavy atom. The van der Waals surface area contributed by atoms with E-state index in [1.165, 1.54) is 18.4 Å². The summed E-state index contributed by atoms with van der Waals surface area (Å²) in [5.74, 6) is 0.951. The Hall–Kier alpha value is -1.26. The quantitative estimate of drug-likeness (QED) is 0.521. The van der Waals surface area contributed by atoms with Crippen LogP contribution < -0.4 is 0 Å². The molecule has 1 aromatic carbocycles. The van der Waals surface area contributed by atoms with Crippen LogP contribution in [0.5, 0.6) is 0 Å². The lowest BCUT2D eigenvalue weighted by molar-refractivity contribution is -0.137. The summed E-state index contributed by atoms with van der Waals surface area (Å²) < 4.78 is 6.16. The lowest BCUT2D eigenvalue weighted by atomic mass is 9.86. The van der Waals surface area contributed by atoms with E-state index in [1.807, 2.05) is 11.8 Å². The highest BCUT2D eigenvalue weighted by molar-refractivity contribution is 7.99. The molecule has 0 saturated carbocycles. The normalized spacial score (nSPS) is 28.7. The summed E-state index contributed by atoms with van der Waals surface area (Å²) >= 11 is 2.04. The molecule has 0 aromatic heterocycles. The minimum atomic E-state index is -0.706. The summed E-state index contributed by atoms with van der Waals surface area (Å²) in [5, 5.41) is 9.25. The van der Waals surface area contributed by atoms with Crippen LogP contribution in [0.4, 0.5) is 0 Å². The van der Waals surface area contributed by atoms with Gasteiger partial charge in [-0.25, -0.2) is 0 Å². The number of rotatable bonds is 9. The standard InChI is InChI=1S/C20H26O3S/c21-19(22)11-7-2-1-6-10-16-17-12-13-18(23-17)20(16)24-14-15-8-4-3-5-9-15/h1,3-6,8-9,16-18,20H,2,7,10-14H2,(H,21,22)/b6-1-/t16-,17+,18-,20+/m0/s1. The maximum atomic E-state index is 10.5. The van der Waals surface area contributed by atoms with Crippen molar-refractivity contribution in [2.75, 3.05) is 0 Å². The zero-order valence-corrected chi connectivity index (χ0v) is 14.8. The van der Waals surface area contributed by atoms with E-state index in [-0.39, 0.29) is 6.42 Å². The van der Waals surface area contributed by atoms with Crippen LogP contribution in [0, 0.1) is 5.92 Å². The number of unbranched alkanes of at least 4 members (excludes halogenated alkanes) is 1. The molecule has 0 spiro atoms. The first-order chi connectivity index (χ1) is 11.7. The molecule has 0 amide bonds. The van der Waals surface area contributed by atoms with Gasteiger partial charge in [0.15, 0.2) is 0 Å². The van der Waals surface area contributed by atoms with E-state index in [0.29, 0.717) is 23.4 Å². The molecule has 2 bridgehead atoms.